The molecule has 6 heteroatoms. The Morgan fingerprint density at radius 2 is 1.78 bits per heavy atom. The number of fused-ring (bicyclic) bond motifs is 2. The summed E-state index contributed by atoms with van der Waals surface area (Å²) in [4.78, 5) is 28.4. The highest BCUT2D eigenvalue weighted by Crippen LogP contribution is 2.40. The molecule has 3 aromatic carbocycles. The topological polar surface area (TPSA) is 59.8 Å². The van der Waals surface area contributed by atoms with Gasteiger partial charge < -0.3 is 14.1 Å². The Balaban J connectivity index is 1.71. The summed E-state index contributed by atoms with van der Waals surface area (Å²) in [6, 6.07) is 17.8. The van der Waals surface area contributed by atoms with Crippen LogP contribution >= 0.6 is 0 Å². The van der Waals surface area contributed by atoms with Crippen molar-refractivity contribution in [1.29, 1.82) is 0 Å². The second-order valence-corrected chi connectivity index (χ2v) is 7.88. The van der Waals surface area contributed by atoms with Gasteiger partial charge in [-0.3, -0.25) is 9.59 Å². The number of carbonyl (C=O) groups excluding carboxylic acids is 1. The van der Waals surface area contributed by atoms with Gasteiger partial charge in [0, 0.05) is 12.1 Å². The molecular weight excluding hydrogens is 409 g/mol. The molecule has 0 saturated heterocycles. The maximum absolute atomic E-state index is 14.9. The number of hydrogen-bond donors (Lipinski definition) is 0. The summed E-state index contributed by atoms with van der Waals surface area (Å²) in [7, 11) is 1.58. The normalized spacial score (nSPS) is 15.3. The van der Waals surface area contributed by atoms with Crippen molar-refractivity contribution in [2.24, 2.45) is 0 Å². The van der Waals surface area contributed by atoms with Gasteiger partial charge in [0.1, 0.15) is 17.1 Å². The standard InChI is InChI=1S/C26H20FNO4/c1-15-7-12-21-19(13-15)24(29)22-23(18-5-3-4-6-20(18)27)28(26(30)25(22)32-21)14-16-8-10-17(31-2)11-9-16/h3-13,23H,14H2,1-2H3. The molecule has 1 aromatic heterocycles. The highest BCUT2D eigenvalue weighted by atomic mass is 19.1. The lowest BCUT2D eigenvalue weighted by Gasteiger charge is -2.25. The summed E-state index contributed by atoms with van der Waals surface area (Å²) >= 11 is 0. The van der Waals surface area contributed by atoms with Crippen LogP contribution in [-0.4, -0.2) is 17.9 Å². The van der Waals surface area contributed by atoms with Gasteiger partial charge in [0.15, 0.2) is 5.43 Å². The average Bonchev–Trinajstić information content (AvgIpc) is 3.07. The van der Waals surface area contributed by atoms with Crippen molar-refractivity contribution in [3.8, 4) is 5.75 Å². The highest BCUT2D eigenvalue weighted by molar-refractivity contribution is 5.99. The van der Waals surface area contributed by atoms with Crippen LogP contribution in [0.25, 0.3) is 11.0 Å². The Kier molecular flexibility index (Phi) is 4.78. The van der Waals surface area contributed by atoms with E-state index in [4.69, 9.17) is 9.15 Å². The Hall–Kier alpha value is -3.93. The maximum Gasteiger partial charge on any atom is 0.291 e. The van der Waals surface area contributed by atoms with E-state index in [2.05, 4.69) is 0 Å². The minimum Gasteiger partial charge on any atom is -0.497 e. The van der Waals surface area contributed by atoms with Crippen LogP contribution < -0.4 is 10.2 Å². The Morgan fingerprint density at radius 1 is 1.03 bits per heavy atom. The van der Waals surface area contributed by atoms with E-state index in [0.717, 1.165) is 11.1 Å². The zero-order valence-electron chi connectivity index (χ0n) is 17.6. The third-order valence-electron chi connectivity index (χ3n) is 5.83. The third kappa shape index (κ3) is 3.15. The lowest BCUT2D eigenvalue weighted by molar-refractivity contribution is 0.0712. The lowest BCUT2D eigenvalue weighted by atomic mass is 9.97. The van der Waals surface area contributed by atoms with Gasteiger partial charge in [-0.25, -0.2) is 4.39 Å². The molecule has 5 rings (SSSR count). The molecule has 2 heterocycles. The van der Waals surface area contributed by atoms with Gasteiger partial charge in [0.25, 0.3) is 5.91 Å². The number of aryl methyl sites for hydroxylation is 1. The SMILES string of the molecule is COc1ccc(CN2C(=O)c3oc4ccc(C)cc4c(=O)c3C2c2ccccc2F)cc1. The third-order valence-corrected chi connectivity index (χ3v) is 5.83. The molecule has 1 aliphatic rings. The van der Waals surface area contributed by atoms with Crippen LogP contribution in [0.3, 0.4) is 0 Å². The number of ether oxygens (including phenoxy) is 1. The largest absolute Gasteiger partial charge is 0.497 e. The van der Waals surface area contributed by atoms with Crippen molar-refractivity contribution in [3.63, 3.8) is 0 Å². The lowest BCUT2D eigenvalue weighted by Crippen LogP contribution is -2.29. The van der Waals surface area contributed by atoms with E-state index in [-0.39, 0.29) is 28.9 Å². The molecule has 1 aliphatic heterocycles. The first-order chi connectivity index (χ1) is 15.5. The fourth-order valence-corrected chi connectivity index (χ4v) is 4.25. The van der Waals surface area contributed by atoms with Gasteiger partial charge in [-0.05, 0) is 42.8 Å². The first kappa shape index (κ1) is 20.0. The zero-order valence-corrected chi connectivity index (χ0v) is 17.6. The highest BCUT2D eigenvalue weighted by Gasteiger charge is 2.43. The molecule has 0 radical (unpaired) electrons. The van der Waals surface area contributed by atoms with E-state index in [1.165, 1.54) is 11.0 Å². The maximum atomic E-state index is 14.9. The molecule has 160 valence electrons. The molecule has 1 amide bonds. The first-order valence-electron chi connectivity index (χ1n) is 10.2. The smallest absolute Gasteiger partial charge is 0.291 e. The number of halogens is 1. The second-order valence-electron chi connectivity index (χ2n) is 7.88. The Labute approximate surface area is 183 Å². The van der Waals surface area contributed by atoms with Gasteiger partial charge in [-0.2, -0.15) is 0 Å². The second kappa shape index (κ2) is 7.64. The minimum absolute atomic E-state index is 0.0342. The van der Waals surface area contributed by atoms with Gasteiger partial charge in [0.05, 0.1) is 24.1 Å². The molecule has 0 fully saturated rings. The van der Waals surface area contributed by atoms with Crippen LogP contribution in [0.15, 0.2) is 75.9 Å². The van der Waals surface area contributed by atoms with Crippen LogP contribution in [-0.2, 0) is 6.54 Å². The van der Waals surface area contributed by atoms with Crippen LogP contribution in [0.4, 0.5) is 4.39 Å². The van der Waals surface area contributed by atoms with E-state index in [0.29, 0.717) is 16.7 Å². The molecule has 0 aliphatic carbocycles. The van der Waals surface area contributed by atoms with E-state index in [1.807, 2.05) is 25.1 Å². The van der Waals surface area contributed by atoms with E-state index < -0.39 is 17.8 Å². The van der Waals surface area contributed by atoms with Gasteiger partial charge >= 0.3 is 0 Å². The molecule has 4 aromatic rings. The quantitative estimate of drug-likeness (QED) is 0.458. The molecule has 0 bridgehead atoms. The summed E-state index contributed by atoms with van der Waals surface area (Å²) in [6.45, 7) is 2.06. The molecule has 5 nitrogen and oxygen atoms in total. The molecule has 1 atom stereocenters. The van der Waals surface area contributed by atoms with Crippen LogP contribution in [0.2, 0.25) is 0 Å². The van der Waals surface area contributed by atoms with Crippen molar-refractivity contribution in [1.82, 2.24) is 4.90 Å². The number of benzene rings is 3. The summed E-state index contributed by atoms with van der Waals surface area (Å²) in [5.41, 5.74) is 2.17. The molecule has 0 saturated carbocycles. The molecular formula is C26H20FNO4. The molecule has 0 spiro atoms. The summed E-state index contributed by atoms with van der Waals surface area (Å²) < 4.78 is 26.0. The summed E-state index contributed by atoms with van der Waals surface area (Å²) in [5.74, 6) is -0.271. The predicted octanol–water partition coefficient (Wildman–Crippen LogP) is 4.99. The number of carbonyl (C=O) groups is 1. The predicted molar refractivity (Wildman–Crippen MR) is 118 cm³/mol. The van der Waals surface area contributed by atoms with Gasteiger partial charge in [0.2, 0.25) is 5.76 Å². The zero-order chi connectivity index (χ0) is 22.4. The average molecular weight is 429 g/mol. The van der Waals surface area contributed by atoms with Crippen LogP contribution in [0.1, 0.15) is 38.9 Å². The first-order valence-corrected chi connectivity index (χ1v) is 10.2. The number of methoxy groups -OCH3 is 1. The monoisotopic (exact) mass is 429 g/mol. The van der Waals surface area contributed by atoms with Gasteiger partial charge in [-0.1, -0.05) is 42.0 Å². The number of rotatable bonds is 4. The van der Waals surface area contributed by atoms with E-state index in [9.17, 15) is 14.0 Å². The number of hydrogen-bond acceptors (Lipinski definition) is 4. The fraction of sp³-hybridized carbons (Fsp3) is 0.154. The minimum atomic E-state index is -0.887. The summed E-state index contributed by atoms with van der Waals surface area (Å²) in [5, 5.41) is 0.379. The molecule has 1 unspecified atom stereocenters. The van der Waals surface area contributed by atoms with Crippen molar-refractivity contribution in [2.75, 3.05) is 7.11 Å². The fourth-order valence-electron chi connectivity index (χ4n) is 4.25. The van der Waals surface area contributed by atoms with Crippen molar-refractivity contribution >= 4 is 16.9 Å². The van der Waals surface area contributed by atoms with E-state index in [1.54, 1.807) is 49.6 Å². The summed E-state index contributed by atoms with van der Waals surface area (Å²) in [6.07, 6.45) is 0. The van der Waals surface area contributed by atoms with Crippen molar-refractivity contribution in [3.05, 3.63) is 111 Å². The van der Waals surface area contributed by atoms with Gasteiger partial charge in [-0.15, -0.1) is 0 Å². The Morgan fingerprint density at radius 3 is 2.50 bits per heavy atom. The molecule has 0 N–H and O–H groups in total. The number of nitrogens with zero attached hydrogens (tertiary/aromatic N) is 1. The molecule has 32 heavy (non-hydrogen) atoms. The van der Waals surface area contributed by atoms with Crippen molar-refractivity contribution in [2.45, 2.75) is 19.5 Å². The van der Waals surface area contributed by atoms with Crippen LogP contribution in [0.5, 0.6) is 5.75 Å². The van der Waals surface area contributed by atoms with E-state index >= 15 is 0 Å². The van der Waals surface area contributed by atoms with Crippen molar-refractivity contribution < 1.29 is 18.3 Å². The Bertz CT molecular complexity index is 1410. The van der Waals surface area contributed by atoms with Crippen LogP contribution in [0, 0.1) is 12.7 Å². The number of amides is 1.